The number of benzene rings is 2. The molecule has 2 aromatic rings. The standard InChI is InChI=1S/C15H13BrFNO2/c16-12-6-2-1-5-11(12)15(19)18-9-10-20-14-8-4-3-7-13(14)17/h1-8H,9-10H2,(H,18,19). The third-order valence-corrected chi connectivity index (χ3v) is 3.29. The zero-order chi connectivity index (χ0) is 14.4. The number of ether oxygens (including phenoxy) is 1. The fraction of sp³-hybridized carbons (Fsp3) is 0.133. The van der Waals surface area contributed by atoms with Gasteiger partial charge in [0.1, 0.15) is 6.61 Å². The van der Waals surface area contributed by atoms with Crippen LogP contribution < -0.4 is 10.1 Å². The summed E-state index contributed by atoms with van der Waals surface area (Å²) in [5.74, 6) is -0.429. The topological polar surface area (TPSA) is 38.3 Å². The van der Waals surface area contributed by atoms with Gasteiger partial charge in [-0.3, -0.25) is 4.79 Å². The lowest BCUT2D eigenvalue weighted by molar-refractivity contribution is 0.0946. The summed E-state index contributed by atoms with van der Waals surface area (Å²) in [6.45, 7) is 0.506. The van der Waals surface area contributed by atoms with E-state index in [2.05, 4.69) is 21.2 Å². The molecule has 1 N–H and O–H groups in total. The molecule has 0 saturated carbocycles. The first-order valence-electron chi connectivity index (χ1n) is 6.08. The lowest BCUT2D eigenvalue weighted by atomic mass is 10.2. The number of para-hydroxylation sites is 1. The van der Waals surface area contributed by atoms with Gasteiger partial charge in [-0.2, -0.15) is 0 Å². The van der Waals surface area contributed by atoms with Crippen LogP contribution in [0.15, 0.2) is 53.0 Å². The quantitative estimate of drug-likeness (QED) is 0.849. The summed E-state index contributed by atoms with van der Waals surface area (Å²) >= 11 is 3.31. The fourth-order valence-corrected chi connectivity index (χ4v) is 2.09. The van der Waals surface area contributed by atoms with Gasteiger partial charge in [0, 0.05) is 4.47 Å². The maximum Gasteiger partial charge on any atom is 0.252 e. The molecule has 0 heterocycles. The largest absolute Gasteiger partial charge is 0.489 e. The molecule has 5 heteroatoms. The van der Waals surface area contributed by atoms with E-state index >= 15 is 0 Å². The Morgan fingerprint density at radius 2 is 1.85 bits per heavy atom. The number of hydrogen-bond acceptors (Lipinski definition) is 2. The Hall–Kier alpha value is -1.88. The molecule has 0 saturated heterocycles. The second-order valence-electron chi connectivity index (χ2n) is 4.01. The van der Waals surface area contributed by atoms with Crippen molar-refractivity contribution in [2.24, 2.45) is 0 Å². The van der Waals surface area contributed by atoms with Crippen molar-refractivity contribution in [3.63, 3.8) is 0 Å². The zero-order valence-electron chi connectivity index (χ0n) is 10.6. The van der Waals surface area contributed by atoms with Crippen LogP contribution in [0.2, 0.25) is 0 Å². The Balaban J connectivity index is 1.81. The number of rotatable bonds is 5. The van der Waals surface area contributed by atoms with Gasteiger partial charge in [0.25, 0.3) is 5.91 Å². The van der Waals surface area contributed by atoms with Crippen molar-refractivity contribution in [3.05, 3.63) is 64.4 Å². The molecule has 0 aromatic heterocycles. The van der Waals surface area contributed by atoms with Crippen LogP contribution in [-0.2, 0) is 0 Å². The first kappa shape index (κ1) is 14.5. The average molecular weight is 338 g/mol. The summed E-state index contributed by atoms with van der Waals surface area (Å²) in [6, 6.07) is 13.3. The Labute approximate surface area is 124 Å². The SMILES string of the molecule is O=C(NCCOc1ccccc1F)c1ccccc1Br. The van der Waals surface area contributed by atoms with E-state index in [4.69, 9.17) is 4.74 Å². The van der Waals surface area contributed by atoms with Crippen LogP contribution >= 0.6 is 15.9 Å². The lowest BCUT2D eigenvalue weighted by Gasteiger charge is -2.09. The minimum atomic E-state index is -0.412. The Morgan fingerprint density at radius 3 is 2.60 bits per heavy atom. The average Bonchev–Trinajstić information content (AvgIpc) is 2.45. The van der Waals surface area contributed by atoms with E-state index in [1.54, 1.807) is 36.4 Å². The first-order chi connectivity index (χ1) is 9.68. The molecule has 0 fully saturated rings. The number of carbonyl (C=O) groups is 1. The molecule has 2 rings (SSSR count). The summed E-state index contributed by atoms with van der Waals surface area (Å²) in [6.07, 6.45) is 0. The molecular weight excluding hydrogens is 325 g/mol. The van der Waals surface area contributed by atoms with E-state index in [-0.39, 0.29) is 18.3 Å². The van der Waals surface area contributed by atoms with Gasteiger partial charge < -0.3 is 10.1 Å². The van der Waals surface area contributed by atoms with Crippen LogP contribution in [0.5, 0.6) is 5.75 Å². The molecule has 104 valence electrons. The van der Waals surface area contributed by atoms with Crippen molar-refractivity contribution < 1.29 is 13.9 Å². The van der Waals surface area contributed by atoms with Gasteiger partial charge in [-0.15, -0.1) is 0 Å². The Morgan fingerprint density at radius 1 is 1.15 bits per heavy atom. The summed E-state index contributed by atoms with van der Waals surface area (Å²) in [5, 5.41) is 2.71. The second-order valence-corrected chi connectivity index (χ2v) is 4.87. The number of hydrogen-bond donors (Lipinski definition) is 1. The molecule has 3 nitrogen and oxygen atoms in total. The molecule has 0 aliphatic rings. The normalized spacial score (nSPS) is 10.1. The highest BCUT2D eigenvalue weighted by atomic mass is 79.9. The van der Waals surface area contributed by atoms with E-state index in [0.29, 0.717) is 12.1 Å². The van der Waals surface area contributed by atoms with Gasteiger partial charge in [-0.05, 0) is 40.2 Å². The van der Waals surface area contributed by atoms with Crippen LogP contribution in [0.3, 0.4) is 0 Å². The van der Waals surface area contributed by atoms with Crippen LogP contribution in [0, 0.1) is 5.82 Å². The summed E-state index contributed by atoms with van der Waals surface area (Å²) in [5.41, 5.74) is 0.554. The summed E-state index contributed by atoms with van der Waals surface area (Å²) in [7, 11) is 0. The molecule has 0 aliphatic carbocycles. The minimum Gasteiger partial charge on any atom is -0.489 e. The van der Waals surface area contributed by atoms with Crippen molar-refractivity contribution in [2.45, 2.75) is 0 Å². The molecule has 0 aliphatic heterocycles. The van der Waals surface area contributed by atoms with E-state index in [1.807, 2.05) is 6.07 Å². The molecule has 20 heavy (non-hydrogen) atoms. The molecule has 2 aromatic carbocycles. The number of halogens is 2. The van der Waals surface area contributed by atoms with Gasteiger partial charge in [-0.25, -0.2) is 4.39 Å². The third-order valence-electron chi connectivity index (χ3n) is 2.60. The maximum atomic E-state index is 13.3. The van der Waals surface area contributed by atoms with E-state index in [1.165, 1.54) is 6.07 Å². The van der Waals surface area contributed by atoms with Crippen LogP contribution in [-0.4, -0.2) is 19.1 Å². The predicted molar refractivity (Wildman–Crippen MR) is 78.4 cm³/mol. The Kier molecular flexibility index (Phi) is 5.12. The van der Waals surface area contributed by atoms with Crippen LogP contribution in [0.4, 0.5) is 4.39 Å². The van der Waals surface area contributed by atoms with E-state index in [9.17, 15) is 9.18 Å². The van der Waals surface area contributed by atoms with Gasteiger partial charge in [-0.1, -0.05) is 24.3 Å². The molecule has 0 spiro atoms. The summed E-state index contributed by atoms with van der Waals surface area (Å²) in [4.78, 5) is 11.9. The first-order valence-corrected chi connectivity index (χ1v) is 6.88. The van der Waals surface area contributed by atoms with Crippen molar-refractivity contribution in [3.8, 4) is 5.75 Å². The molecule has 1 amide bonds. The van der Waals surface area contributed by atoms with E-state index in [0.717, 1.165) is 4.47 Å². The number of carbonyl (C=O) groups excluding carboxylic acids is 1. The summed E-state index contributed by atoms with van der Waals surface area (Å²) < 4.78 is 19.3. The monoisotopic (exact) mass is 337 g/mol. The minimum absolute atomic E-state index is 0.183. The third kappa shape index (κ3) is 3.81. The molecule has 0 radical (unpaired) electrons. The van der Waals surface area contributed by atoms with Crippen molar-refractivity contribution in [2.75, 3.05) is 13.2 Å². The van der Waals surface area contributed by atoms with Gasteiger partial charge in [0.15, 0.2) is 11.6 Å². The number of amides is 1. The van der Waals surface area contributed by atoms with Crippen LogP contribution in [0.1, 0.15) is 10.4 Å². The van der Waals surface area contributed by atoms with Gasteiger partial charge >= 0.3 is 0 Å². The fourth-order valence-electron chi connectivity index (χ4n) is 1.63. The maximum absolute atomic E-state index is 13.3. The molecule has 0 bridgehead atoms. The van der Waals surface area contributed by atoms with Gasteiger partial charge in [0.2, 0.25) is 0 Å². The second kappa shape index (κ2) is 7.05. The molecule has 0 unspecified atom stereocenters. The highest BCUT2D eigenvalue weighted by Gasteiger charge is 2.08. The smallest absolute Gasteiger partial charge is 0.252 e. The Bertz CT molecular complexity index is 604. The van der Waals surface area contributed by atoms with Crippen molar-refractivity contribution in [1.82, 2.24) is 5.32 Å². The molecular formula is C15H13BrFNO2. The highest BCUT2D eigenvalue weighted by Crippen LogP contribution is 2.16. The van der Waals surface area contributed by atoms with Crippen molar-refractivity contribution >= 4 is 21.8 Å². The molecule has 0 atom stereocenters. The zero-order valence-corrected chi connectivity index (χ0v) is 12.2. The van der Waals surface area contributed by atoms with E-state index < -0.39 is 5.82 Å². The van der Waals surface area contributed by atoms with Crippen molar-refractivity contribution in [1.29, 1.82) is 0 Å². The lowest BCUT2D eigenvalue weighted by Crippen LogP contribution is -2.28. The number of nitrogens with one attached hydrogen (secondary N) is 1. The highest BCUT2D eigenvalue weighted by molar-refractivity contribution is 9.10. The van der Waals surface area contributed by atoms with Crippen LogP contribution in [0.25, 0.3) is 0 Å². The van der Waals surface area contributed by atoms with Gasteiger partial charge in [0.05, 0.1) is 12.1 Å². The predicted octanol–water partition coefficient (Wildman–Crippen LogP) is 3.40.